The van der Waals surface area contributed by atoms with Crippen LogP contribution in [0.1, 0.15) is 58.8 Å². The number of anilines is 2. The molecule has 2 rings (SSSR count). The van der Waals surface area contributed by atoms with Gasteiger partial charge in [-0.15, -0.1) is 0 Å². The van der Waals surface area contributed by atoms with Gasteiger partial charge in [-0.2, -0.15) is 0 Å². The van der Waals surface area contributed by atoms with Gasteiger partial charge < -0.3 is 15.8 Å². The molecule has 1 aromatic rings. The largest absolute Gasteiger partial charge is 0.489 e. The molecule has 0 amide bonds. The van der Waals surface area contributed by atoms with Crippen LogP contribution in [0, 0.1) is 0 Å². The van der Waals surface area contributed by atoms with Gasteiger partial charge in [-0.3, -0.25) is 0 Å². The van der Waals surface area contributed by atoms with Crippen molar-refractivity contribution in [2.24, 2.45) is 0 Å². The molecule has 0 bridgehead atoms. The predicted molar refractivity (Wildman–Crippen MR) is 86.3 cm³/mol. The van der Waals surface area contributed by atoms with Crippen molar-refractivity contribution in [3.05, 3.63) is 18.2 Å². The quantitative estimate of drug-likeness (QED) is 0.791. The predicted octanol–water partition coefficient (Wildman–Crippen LogP) is 4.58. The van der Waals surface area contributed by atoms with E-state index in [0.29, 0.717) is 6.04 Å². The van der Waals surface area contributed by atoms with Crippen LogP contribution in [0.5, 0.6) is 5.75 Å². The number of nitrogens with one attached hydrogen (secondary N) is 1. The molecule has 3 N–H and O–H groups in total. The van der Waals surface area contributed by atoms with Crippen molar-refractivity contribution in [3.63, 3.8) is 0 Å². The summed E-state index contributed by atoms with van der Waals surface area (Å²) in [5, 5.41) is 3.63. The Labute approximate surface area is 122 Å². The maximum atomic E-state index is 6.23. The number of hydrogen-bond donors (Lipinski definition) is 2. The molecule has 3 nitrogen and oxygen atoms in total. The lowest BCUT2D eigenvalue weighted by Gasteiger charge is -2.24. The first-order chi connectivity index (χ1) is 9.66. The minimum Gasteiger partial charge on any atom is -0.489 e. The second-order valence-electron chi connectivity index (χ2n) is 6.07. The zero-order valence-corrected chi connectivity index (χ0v) is 12.8. The lowest BCUT2D eigenvalue weighted by atomic mass is 9.96. The Bertz CT molecular complexity index is 409. The summed E-state index contributed by atoms with van der Waals surface area (Å²) >= 11 is 0. The number of nitrogen functional groups attached to an aromatic ring is 1. The number of nitrogens with two attached hydrogens (primary N) is 1. The second kappa shape index (κ2) is 7.41. The molecule has 0 aromatic heterocycles. The topological polar surface area (TPSA) is 47.3 Å². The van der Waals surface area contributed by atoms with Crippen molar-refractivity contribution in [2.75, 3.05) is 11.1 Å². The Balaban J connectivity index is 2.04. The van der Waals surface area contributed by atoms with Crippen LogP contribution in [0.2, 0.25) is 0 Å². The van der Waals surface area contributed by atoms with E-state index in [0.717, 1.165) is 17.1 Å². The van der Waals surface area contributed by atoms with Gasteiger partial charge in [-0.25, -0.2) is 0 Å². The van der Waals surface area contributed by atoms with Crippen LogP contribution >= 0.6 is 0 Å². The van der Waals surface area contributed by atoms with Crippen LogP contribution in [0.4, 0.5) is 11.4 Å². The fraction of sp³-hybridized carbons (Fsp3) is 0.647. The molecule has 0 spiro atoms. The first-order valence-corrected chi connectivity index (χ1v) is 7.98. The number of hydrogen-bond acceptors (Lipinski definition) is 3. The Morgan fingerprint density at radius 1 is 1.10 bits per heavy atom. The number of ether oxygens (including phenoxy) is 1. The molecule has 3 heteroatoms. The van der Waals surface area contributed by atoms with E-state index in [-0.39, 0.29) is 6.10 Å². The molecule has 112 valence electrons. The van der Waals surface area contributed by atoms with Gasteiger partial charge in [0.2, 0.25) is 0 Å². The summed E-state index contributed by atoms with van der Waals surface area (Å²) in [7, 11) is 0. The van der Waals surface area contributed by atoms with Crippen molar-refractivity contribution in [1.29, 1.82) is 0 Å². The Kier molecular flexibility index (Phi) is 5.57. The smallest absolute Gasteiger partial charge is 0.144 e. The van der Waals surface area contributed by atoms with Crippen LogP contribution < -0.4 is 15.8 Å². The molecule has 1 aliphatic rings. The third kappa shape index (κ3) is 4.32. The van der Waals surface area contributed by atoms with E-state index in [4.69, 9.17) is 10.5 Å². The normalized spacial score (nSPS) is 17.6. The summed E-state index contributed by atoms with van der Waals surface area (Å²) in [5.41, 5.74) is 7.99. The molecule has 1 aromatic carbocycles. The van der Waals surface area contributed by atoms with Crippen LogP contribution in [0.3, 0.4) is 0 Å². The van der Waals surface area contributed by atoms with Gasteiger partial charge >= 0.3 is 0 Å². The third-order valence-corrected chi connectivity index (χ3v) is 3.89. The lowest BCUT2D eigenvalue weighted by molar-refractivity contribution is 0.244. The molecule has 20 heavy (non-hydrogen) atoms. The monoisotopic (exact) mass is 276 g/mol. The Hall–Kier alpha value is -1.38. The van der Waals surface area contributed by atoms with Gasteiger partial charge in [0.25, 0.3) is 0 Å². The van der Waals surface area contributed by atoms with Crippen molar-refractivity contribution < 1.29 is 4.74 Å². The van der Waals surface area contributed by atoms with E-state index in [9.17, 15) is 0 Å². The summed E-state index contributed by atoms with van der Waals surface area (Å²) in [5.74, 6) is 0.788. The van der Waals surface area contributed by atoms with E-state index in [1.165, 1.54) is 44.9 Å². The molecule has 1 saturated carbocycles. The van der Waals surface area contributed by atoms with Crippen molar-refractivity contribution in [2.45, 2.75) is 70.9 Å². The molecule has 1 fully saturated rings. The summed E-state index contributed by atoms with van der Waals surface area (Å²) in [6.07, 6.45) is 9.40. The molecule has 0 radical (unpaired) electrons. The average Bonchev–Trinajstić information content (AvgIpc) is 2.36. The van der Waals surface area contributed by atoms with Crippen molar-refractivity contribution in [1.82, 2.24) is 0 Å². The molecular weight excluding hydrogens is 248 g/mol. The summed E-state index contributed by atoms with van der Waals surface area (Å²) in [4.78, 5) is 0. The van der Waals surface area contributed by atoms with Gasteiger partial charge in [-0.05, 0) is 38.8 Å². The maximum Gasteiger partial charge on any atom is 0.144 e. The SMILES string of the molecule is CC(C)Oc1cccc(NC2CCCCCCC2)c1N. The van der Waals surface area contributed by atoms with Crippen LogP contribution in [0.25, 0.3) is 0 Å². The van der Waals surface area contributed by atoms with Crippen molar-refractivity contribution in [3.8, 4) is 5.75 Å². The fourth-order valence-electron chi connectivity index (χ4n) is 2.85. The van der Waals surface area contributed by atoms with E-state index < -0.39 is 0 Å². The van der Waals surface area contributed by atoms with Crippen molar-refractivity contribution >= 4 is 11.4 Å². The summed E-state index contributed by atoms with van der Waals surface area (Å²) in [6.45, 7) is 4.04. The van der Waals surface area contributed by atoms with E-state index in [1.807, 2.05) is 26.0 Å². The van der Waals surface area contributed by atoms with Gasteiger partial charge in [0.05, 0.1) is 17.5 Å². The zero-order chi connectivity index (χ0) is 14.4. The molecule has 0 aliphatic heterocycles. The first kappa shape index (κ1) is 15.0. The van der Waals surface area contributed by atoms with Gasteiger partial charge in [0, 0.05) is 6.04 Å². The van der Waals surface area contributed by atoms with E-state index in [2.05, 4.69) is 11.4 Å². The van der Waals surface area contributed by atoms with Gasteiger partial charge in [0.1, 0.15) is 5.75 Å². The van der Waals surface area contributed by atoms with E-state index >= 15 is 0 Å². The van der Waals surface area contributed by atoms with E-state index in [1.54, 1.807) is 0 Å². The Morgan fingerprint density at radius 3 is 2.40 bits per heavy atom. The lowest BCUT2D eigenvalue weighted by Crippen LogP contribution is -2.21. The second-order valence-corrected chi connectivity index (χ2v) is 6.07. The molecule has 0 atom stereocenters. The zero-order valence-electron chi connectivity index (χ0n) is 12.8. The highest BCUT2D eigenvalue weighted by Crippen LogP contribution is 2.32. The molecule has 0 saturated heterocycles. The molecule has 1 aliphatic carbocycles. The fourth-order valence-corrected chi connectivity index (χ4v) is 2.85. The minimum absolute atomic E-state index is 0.147. The standard InChI is InChI=1S/C17H28N2O/c1-13(2)20-16-12-8-11-15(17(16)18)19-14-9-6-4-3-5-7-10-14/h8,11-14,19H,3-7,9-10,18H2,1-2H3. The highest BCUT2D eigenvalue weighted by molar-refractivity contribution is 5.73. The highest BCUT2D eigenvalue weighted by Gasteiger charge is 2.14. The molecular formula is C17H28N2O. The van der Waals surface area contributed by atoms with Gasteiger partial charge in [0.15, 0.2) is 0 Å². The van der Waals surface area contributed by atoms with Gasteiger partial charge in [-0.1, -0.05) is 38.2 Å². The van der Waals surface area contributed by atoms with Crippen LogP contribution in [0.15, 0.2) is 18.2 Å². The molecule has 0 unspecified atom stereocenters. The summed E-state index contributed by atoms with van der Waals surface area (Å²) < 4.78 is 5.75. The number of benzene rings is 1. The minimum atomic E-state index is 0.147. The van der Waals surface area contributed by atoms with Crippen LogP contribution in [-0.2, 0) is 0 Å². The average molecular weight is 276 g/mol. The van der Waals surface area contributed by atoms with Crippen LogP contribution in [-0.4, -0.2) is 12.1 Å². The molecule has 0 heterocycles. The third-order valence-electron chi connectivity index (χ3n) is 3.89. The first-order valence-electron chi connectivity index (χ1n) is 7.98. The highest BCUT2D eigenvalue weighted by atomic mass is 16.5. The Morgan fingerprint density at radius 2 is 1.75 bits per heavy atom. The number of para-hydroxylation sites is 1. The maximum absolute atomic E-state index is 6.23. The number of rotatable bonds is 4. The summed E-state index contributed by atoms with van der Waals surface area (Å²) in [6, 6.07) is 6.56.